The molecule has 0 aliphatic heterocycles. The normalized spacial score (nSPS) is 11.2. The summed E-state index contributed by atoms with van der Waals surface area (Å²) in [6.07, 6.45) is 2.00. The van der Waals surface area contributed by atoms with Crippen LogP contribution in [-0.2, 0) is 9.63 Å². The van der Waals surface area contributed by atoms with E-state index in [0.29, 0.717) is 22.0 Å². The third-order valence-corrected chi connectivity index (χ3v) is 4.58. The molecule has 4 rings (SSSR count). The van der Waals surface area contributed by atoms with Crippen molar-refractivity contribution in [2.75, 3.05) is 11.6 Å². The third-order valence-electron chi connectivity index (χ3n) is 4.58. The van der Waals surface area contributed by atoms with Gasteiger partial charge in [0.15, 0.2) is 0 Å². The Morgan fingerprint density at radius 3 is 2.67 bits per heavy atom. The first kappa shape index (κ1) is 21.7. The van der Waals surface area contributed by atoms with Crippen LogP contribution in [0.25, 0.3) is 28.0 Å². The fourth-order valence-electron chi connectivity index (χ4n) is 3.14. The van der Waals surface area contributed by atoms with Gasteiger partial charge in [0.1, 0.15) is 12.2 Å². The average Bonchev–Trinajstić information content (AvgIpc) is 3.24. The number of halogens is 3. The molecule has 1 N–H and O–H groups in total. The topological polar surface area (TPSA) is 102 Å². The van der Waals surface area contributed by atoms with Gasteiger partial charge < -0.3 is 10.2 Å². The van der Waals surface area contributed by atoms with Crippen molar-refractivity contribution < 1.29 is 27.6 Å². The van der Waals surface area contributed by atoms with Crippen molar-refractivity contribution in [3.63, 3.8) is 0 Å². The number of nitrogens with zero attached hydrogens (tertiary/aromatic N) is 5. The van der Waals surface area contributed by atoms with Crippen molar-refractivity contribution in [1.82, 2.24) is 24.9 Å². The third kappa shape index (κ3) is 4.89. The monoisotopic (exact) mass is 456 g/mol. The van der Waals surface area contributed by atoms with E-state index in [0.717, 1.165) is 11.1 Å². The molecule has 0 spiro atoms. The minimum Gasteiger partial charge on any atom is -0.335 e. The maximum absolute atomic E-state index is 12.4. The summed E-state index contributed by atoms with van der Waals surface area (Å²) in [7, 11) is 0. The number of benzene rings is 1. The number of imidazole rings is 1. The summed E-state index contributed by atoms with van der Waals surface area (Å²) in [5.74, 6) is 0. The number of fused-ring (bicyclic) bond motifs is 1. The molecule has 0 atom stereocenters. The molecule has 1 aromatic carbocycles. The highest BCUT2D eigenvalue weighted by molar-refractivity contribution is 5.91. The molecule has 0 fully saturated rings. The van der Waals surface area contributed by atoms with Crippen LogP contribution in [0.5, 0.6) is 0 Å². The number of carbonyl (C=O) groups is 2. The lowest BCUT2D eigenvalue weighted by molar-refractivity contribution is -0.129. The van der Waals surface area contributed by atoms with Gasteiger partial charge in [-0.1, -0.05) is 12.1 Å². The molecule has 168 valence electrons. The molecular formula is C21H15F3N6O3. The van der Waals surface area contributed by atoms with Crippen LogP contribution < -0.4 is 10.4 Å². The molecule has 0 aliphatic rings. The van der Waals surface area contributed by atoms with E-state index >= 15 is 0 Å². The number of alkyl halides is 3. The number of hydrogen-bond acceptors (Lipinski definition) is 6. The van der Waals surface area contributed by atoms with Gasteiger partial charge in [0, 0.05) is 17.3 Å². The maximum Gasteiger partial charge on any atom is 0.405 e. The molecule has 3 aromatic heterocycles. The first-order valence-corrected chi connectivity index (χ1v) is 9.45. The van der Waals surface area contributed by atoms with Crippen molar-refractivity contribution in [1.29, 1.82) is 0 Å². The van der Waals surface area contributed by atoms with Gasteiger partial charge in [0.05, 0.1) is 30.0 Å². The fourth-order valence-corrected chi connectivity index (χ4v) is 3.14. The summed E-state index contributed by atoms with van der Waals surface area (Å²) in [6, 6.07) is 10.5. The number of anilines is 1. The summed E-state index contributed by atoms with van der Waals surface area (Å²) < 4.78 is 39.1. The van der Waals surface area contributed by atoms with Crippen molar-refractivity contribution >= 4 is 23.8 Å². The number of aromatic nitrogens is 4. The van der Waals surface area contributed by atoms with E-state index in [-0.39, 0.29) is 12.2 Å². The summed E-state index contributed by atoms with van der Waals surface area (Å²) >= 11 is 0. The molecule has 0 radical (unpaired) electrons. The van der Waals surface area contributed by atoms with Crippen molar-refractivity contribution in [2.45, 2.75) is 6.18 Å². The van der Waals surface area contributed by atoms with Crippen LogP contribution >= 0.6 is 0 Å². The first-order chi connectivity index (χ1) is 15.9. The molecule has 4 aromatic rings. The summed E-state index contributed by atoms with van der Waals surface area (Å²) in [5, 5.41) is 9.73. The van der Waals surface area contributed by atoms with E-state index in [1.54, 1.807) is 46.6 Å². The molecule has 0 bridgehead atoms. The Labute approximate surface area is 184 Å². The lowest BCUT2D eigenvalue weighted by Gasteiger charge is -2.20. The number of rotatable bonds is 6. The summed E-state index contributed by atoms with van der Waals surface area (Å²) in [5.41, 5.74) is 3.66. The molecule has 33 heavy (non-hydrogen) atoms. The molecule has 9 nitrogen and oxygen atoms in total. The molecule has 0 aliphatic carbocycles. The molecule has 0 saturated carbocycles. The molecule has 0 saturated heterocycles. The van der Waals surface area contributed by atoms with Crippen LogP contribution in [0.1, 0.15) is 0 Å². The zero-order valence-corrected chi connectivity index (χ0v) is 16.7. The van der Waals surface area contributed by atoms with Crippen LogP contribution in [0.4, 0.5) is 23.7 Å². The molecule has 3 heterocycles. The molecule has 0 unspecified atom stereocenters. The second kappa shape index (κ2) is 8.94. The largest absolute Gasteiger partial charge is 0.405 e. The highest BCUT2D eigenvalue weighted by Crippen LogP contribution is 2.28. The number of nitrogens with one attached hydrogen (secondary N) is 1. The minimum absolute atomic E-state index is 0.0497. The van der Waals surface area contributed by atoms with Crippen molar-refractivity contribution in [3.05, 3.63) is 67.3 Å². The molecular weight excluding hydrogens is 441 g/mol. The Morgan fingerprint density at radius 2 is 1.94 bits per heavy atom. The number of hydrogen-bond donors (Lipinski definition) is 1. The predicted octanol–water partition coefficient (Wildman–Crippen LogP) is 3.62. The molecule has 12 heteroatoms. The Balaban J connectivity index is 1.65. The van der Waals surface area contributed by atoms with E-state index < -0.39 is 18.8 Å². The lowest BCUT2D eigenvalue weighted by atomic mass is 10.1. The van der Waals surface area contributed by atoms with E-state index in [2.05, 4.69) is 20.0 Å². The van der Waals surface area contributed by atoms with E-state index in [1.807, 2.05) is 18.2 Å². The Hall–Kier alpha value is -4.48. The fraction of sp³-hybridized carbons (Fsp3) is 0.0952. The average molecular weight is 456 g/mol. The maximum atomic E-state index is 12.4. The summed E-state index contributed by atoms with van der Waals surface area (Å²) in [6.45, 7) is -1.63. The smallest absolute Gasteiger partial charge is 0.335 e. The van der Waals surface area contributed by atoms with Crippen molar-refractivity contribution in [3.8, 4) is 22.4 Å². The van der Waals surface area contributed by atoms with Gasteiger partial charge in [-0.2, -0.15) is 23.4 Å². The SMILES string of the molecule is O=CON(C(=O)NCC(F)(F)F)c1cccc(-c2cnc3cc(-c4ccnnc4)ccn23)c1. The predicted molar refractivity (Wildman–Crippen MR) is 111 cm³/mol. The number of amides is 2. The van der Waals surface area contributed by atoms with Gasteiger partial charge in [-0.05, 0) is 35.9 Å². The van der Waals surface area contributed by atoms with E-state index in [4.69, 9.17) is 0 Å². The van der Waals surface area contributed by atoms with Gasteiger partial charge in [0.2, 0.25) is 0 Å². The van der Waals surface area contributed by atoms with Crippen LogP contribution in [0.2, 0.25) is 0 Å². The molecule has 2 amide bonds. The van der Waals surface area contributed by atoms with Gasteiger partial charge in [0.25, 0.3) is 0 Å². The Morgan fingerprint density at radius 1 is 1.09 bits per heavy atom. The summed E-state index contributed by atoms with van der Waals surface area (Å²) in [4.78, 5) is 32.0. The van der Waals surface area contributed by atoms with Gasteiger partial charge in [-0.25, -0.2) is 9.78 Å². The van der Waals surface area contributed by atoms with Crippen LogP contribution in [0.3, 0.4) is 0 Å². The number of hydroxylamine groups is 1. The number of carbonyl (C=O) groups excluding carboxylic acids is 2. The van der Waals surface area contributed by atoms with Gasteiger partial charge in [-0.15, -0.1) is 5.06 Å². The zero-order chi connectivity index (χ0) is 23.4. The Kier molecular flexibility index (Phi) is 5.89. The standard InChI is InChI=1S/C21H15F3N6O3/c22-21(23,24)12-26-20(32)30(33-13-31)17-3-1-2-15(8-17)18-11-25-19-9-14(5-7-29(18)19)16-4-6-27-28-10-16/h1-11,13H,12H2,(H,26,32). The second-order valence-corrected chi connectivity index (χ2v) is 6.74. The zero-order valence-electron chi connectivity index (χ0n) is 16.7. The quantitative estimate of drug-likeness (QED) is 0.351. The minimum atomic E-state index is -4.62. The highest BCUT2D eigenvalue weighted by atomic mass is 19.4. The van der Waals surface area contributed by atoms with Gasteiger partial charge >= 0.3 is 18.7 Å². The Bertz CT molecular complexity index is 1290. The van der Waals surface area contributed by atoms with Crippen LogP contribution in [-0.4, -0.2) is 44.8 Å². The first-order valence-electron chi connectivity index (χ1n) is 9.45. The number of pyridine rings is 1. The van der Waals surface area contributed by atoms with Gasteiger partial charge in [-0.3, -0.25) is 9.20 Å². The second-order valence-electron chi connectivity index (χ2n) is 6.74. The van der Waals surface area contributed by atoms with Crippen LogP contribution in [0, 0.1) is 0 Å². The van der Waals surface area contributed by atoms with E-state index in [1.165, 1.54) is 12.1 Å². The lowest BCUT2D eigenvalue weighted by Crippen LogP contribution is -2.43. The van der Waals surface area contributed by atoms with Crippen LogP contribution in [0.15, 0.2) is 67.3 Å². The van der Waals surface area contributed by atoms with E-state index in [9.17, 15) is 22.8 Å². The highest BCUT2D eigenvalue weighted by Gasteiger charge is 2.30. The number of urea groups is 1. The van der Waals surface area contributed by atoms with Crippen molar-refractivity contribution in [2.24, 2.45) is 0 Å².